The van der Waals surface area contributed by atoms with Gasteiger partial charge in [-0.2, -0.15) is 0 Å². The lowest BCUT2D eigenvalue weighted by atomic mass is 9.80. The predicted molar refractivity (Wildman–Crippen MR) is 196 cm³/mol. The van der Waals surface area contributed by atoms with E-state index in [-0.39, 0.29) is 17.7 Å². The van der Waals surface area contributed by atoms with E-state index >= 15 is 0 Å². The second-order valence-electron chi connectivity index (χ2n) is 13.0. The van der Waals surface area contributed by atoms with Gasteiger partial charge < -0.3 is 4.57 Å². The van der Waals surface area contributed by atoms with Gasteiger partial charge in [0.05, 0.1) is 17.2 Å². The van der Waals surface area contributed by atoms with E-state index in [4.69, 9.17) is 0 Å². The van der Waals surface area contributed by atoms with Crippen molar-refractivity contribution in [3.05, 3.63) is 173 Å². The van der Waals surface area contributed by atoms with Crippen molar-refractivity contribution in [1.82, 2.24) is 15.2 Å². The van der Waals surface area contributed by atoms with E-state index in [2.05, 4.69) is 174 Å². The molecule has 1 aromatic heterocycles. The van der Waals surface area contributed by atoms with Crippen molar-refractivity contribution < 1.29 is 0 Å². The van der Waals surface area contributed by atoms with Crippen LogP contribution in [-0.4, -0.2) is 11.3 Å². The van der Waals surface area contributed by atoms with Crippen molar-refractivity contribution >= 4 is 28.5 Å². The minimum absolute atomic E-state index is 0.0946. The quantitative estimate of drug-likeness (QED) is 0.126. The molecule has 0 saturated heterocycles. The molecule has 2 unspecified atom stereocenters. The van der Waals surface area contributed by atoms with Crippen molar-refractivity contribution in [2.24, 2.45) is 4.99 Å². The Balaban J connectivity index is 1.16. The Morgan fingerprint density at radius 3 is 2.11 bits per heavy atom. The Labute approximate surface area is 276 Å². The smallest absolute Gasteiger partial charge is 0.126 e. The molecule has 0 spiro atoms. The first-order chi connectivity index (χ1) is 23.0. The molecule has 7 aromatic rings. The molecular weight excluding hydrogens is 573 g/mol. The van der Waals surface area contributed by atoms with Gasteiger partial charge in [-0.25, -0.2) is 0 Å². The van der Waals surface area contributed by atoms with Crippen LogP contribution in [-0.2, 0) is 12.0 Å². The maximum absolute atomic E-state index is 4.54. The van der Waals surface area contributed by atoms with Gasteiger partial charge in [-0.15, -0.1) is 0 Å². The molecule has 0 aliphatic heterocycles. The Morgan fingerprint density at radius 2 is 1.34 bits per heavy atom. The first kappa shape index (κ1) is 29.1. The molecule has 2 atom stereocenters. The van der Waals surface area contributed by atoms with Gasteiger partial charge in [0, 0.05) is 28.4 Å². The number of para-hydroxylation sites is 1. The fourth-order valence-electron chi connectivity index (χ4n) is 7.56. The number of aliphatic imine (C=N–C) groups is 1. The monoisotopic (exact) mass is 610 g/mol. The zero-order valence-corrected chi connectivity index (χ0v) is 26.8. The van der Waals surface area contributed by atoms with Gasteiger partial charge in [0.15, 0.2) is 0 Å². The normalized spacial score (nSPS) is 14.5. The summed E-state index contributed by atoms with van der Waals surface area (Å²) in [5, 5.41) is 10.0. The van der Waals surface area contributed by atoms with E-state index in [1.807, 2.05) is 12.1 Å². The zero-order valence-electron chi connectivity index (χ0n) is 26.8. The highest BCUT2D eigenvalue weighted by atomic mass is 15.2. The lowest BCUT2D eigenvalue weighted by Crippen LogP contribution is -2.35. The van der Waals surface area contributed by atoms with E-state index in [1.54, 1.807) is 0 Å². The molecule has 1 heterocycles. The molecule has 0 radical (unpaired) electrons. The van der Waals surface area contributed by atoms with Crippen LogP contribution in [0.1, 0.15) is 54.0 Å². The maximum atomic E-state index is 4.54. The summed E-state index contributed by atoms with van der Waals surface area (Å²) in [6.45, 7) is 9.44. The van der Waals surface area contributed by atoms with Gasteiger partial charge in [-0.3, -0.25) is 15.6 Å². The van der Waals surface area contributed by atoms with E-state index in [0.717, 1.165) is 23.4 Å². The van der Waals surface area contributed by atoms with Crippen molar-refractivity contribution in [2.75, 3.05) is 0 Å². The van der Waals surface area contributed by atoms with Crippen LogP contribution in [0.4, 0.5) is 0 Å². The first-order valence-electron chi connectivity index (χ1n) is 16.4. The summed E-state index contributed by atoms with van der Waals surface area (Å²) >= 11 is 0. The summed E-state index contributed by atoms with van der Waals surface area (Å²) < 4.78 is 2.41. The number of rotatable bonds is 9. The second-order valence-corrected chi connectivity index (χ2v) is 13.0. The number of fused-ring (bicyclic) bond motifs is 7. The van der Waals surface area contributed by atoms with Crippen molar-refractivity contribution in [2.45, 2.75) is 38.1 Å². The van der Waals surface area contributed by atoms with Crippen LogP contribution in [0.5, 0.6) is 0 Å². The number of aromatic nitrogens is 1. The molecule has 0 saturated carbocycles. The fourth-order valence-corrected chi connectivity index (χ4v) is 7.56. The van der Waals surface area contributed by atoms with Gasteiger partial charge in [0.1, 0.15) is 6.17 Å². The molecule has 6 aromatic carbocycles. The SMILES string of the molecule is C=NC(NC(NCc1ccccc1)c1ccccc1)c1ccc(-n2c3ccccc3c3c4c(ccc32)-c2ccccc2C4(C)C)cc1. The van der Waals surface area contributed by atoms with Gasteiger partial charge in [0.2, 0.25) is 0 Å². The van der Waals surface area contributed by atoms with Crippen LogP contribution in [0.25, 0.3) is 38.6 Å². The first-order valence-corrected chi connectivity index (χ1v) is 16.4. The maximum Gasteiger partial charge on any atom is 0.126 e. The van der Waals surface area contributed by atoms with E-state index in [1.165, 1.54) is 49.6 Å². The van der Waals surface area contributed by atoms with Crippen LogP contribution in [0, 0.1) is 0 Å². The third kappa shape index (κ3) is 4.98. The molecular formula is C43H38N4. The molecule has 0 bridgehead atoms. The van der Waals surface area contributed by atoms with Crippen LogP contribution < -0.4 is 10.6 Å². The molecule has 230 valence electrons. The minimum Gasteiger partial charge on any atom is -0.309 e. The summed E-state index contributed by atoms with van der Waals surface area (Å²) in [5.41, 5.74) is 12.4. The second kappa shape index (κ2) is 11.8. The Hall–Kier alpha value is -5.29. The van der Waals surface area contributed by atoms with Crippen LogP contribution in [0.2, 0.25) is 0 Å². The molecule has 4 heteroatoms. The molecule has 1 aliphatic carbocycles. The van der Waals surface area contributed by atoms with Gasteiger partial charge >= 0.3 is 0 Å². The van der Waals surface area contributed by atoms with Crippen LogP contribution >= 0.6 is 0 Å². The molecule has 47 heavy (non-hydrogen) atoms. The molecule has 0 fully saturated rings. The standard InChI is InChI=1S/C43H38N4/c1-43(2)36-20-12-10-18-33(36)34-26-27-38-39(40(34)43)35-19-11-13-21-37(35)47(38)32-24-22-31(23-25-32)41(44-3)46-42(30-16-8-5-9-17-30)45-28-29-14-6-4-7-15-29/h4-27,41-42,45-46H,3,28H2,1-2H3. The van der Waals surface area contributed by atoms with Gasteiger partial charge in [0.25, 0.3) is 0 Å². The highest BCUT2D eigenvalue weighted by Crippen LogP contribution is 2.53. The van der Waals surface area contributed by atoms with Gasteiger partial charge in [-0.05, 0) is 69.9 Å². The molecule has 0 amide bonds. The van der Waals surface area contributed by atoms with Crippen LogP contribution in [0.3, 0.4) is 0 Å². The highest BCUT2D eigenvalue weighted by Gasteiger charge is 2.38. The average Bonchev–Trinajstić information content (AvgIpc) is 3.58. The minimum atomic E-state index is -0.293. The summed E-state index contributed by atoms with van der Waals surface area (Å²) in [6.07, 6.45) is -0.406. The average molecular weight is 611 g/mol. The summed E-state index contributed by atoms with van der Waals surface area (Å²) in [6, 6.07) is 52.0. The number of hydrogen-bond acceptors (Lipinski definition) is 3. The summed E-state index contributed by atoms with van der Waals surface area (Å²) in [7, 11) is 0. The Bertz CT molecular complexity index is 2210. The van der Waals surface area contributed by atoms with Crippen molar-refractivity contribution in [3.63, 3.8) is 0 Å². The highest BCUT2D eigenvalue weighted by molar-refractivity contribution is 6.14. The van der Waals surface area contributed by atoms with Crippen molar-refractivity contribution in [3.8, 4) is 16.8 Å². The lowest BCUT2D eigenvalue weighted by Gasteiger charge is -2.25. The third-order valence-corrected chi connectivity index (χ3v) is 9.81. The van der Waals surface area contributed by atoms with E-state index in [0.29, 0.717) is 0 Å². The fraction of sp³-hybridized carbons (Fsp3) is 0.140. The number of nitrogens with zero attached hydrogens (tertiary/aromatic N) is 2. The summed E-state index contributed by atoms with van der Waals surface area (Å²) in [4.78, 5) is 4.54. The Kier molecular flexibility index (Phi) is 7.32. The topological polar surface area (TPSA) is 41.4 Å². The summed E-state index contributed by atoms with van der Waals surface area (Å²) in [5.74, 6) is 0. The molecule has 1 aliphatic rings. The molecule has 4 nitrogen and oxygen atoms in total. The van der Waals surface area contributed by atoms with E-state index in [9.17, 15) is 0 Å². The van der Waals surface area contributed by atoms with Crippen LogP contribution in [0.15, 0.2) is 151 Å². The number of benzene rings is 6. The number of nitrogens with one attached hydrogen (secondary N) is 2. The zero-order chi connectivity index (χ0) is 32.0. The largest absolute Gasteiger partial charge is 0.309 e. The lowest BCUT2D eigenvalue weighted by molar-refractivity contribution is 0.388. The third-order valence-electron chi connectivity index (χ3n) is 9.81. The van der Waals surface area contributed by atoms with E-state index < -0.39 is 0 Å². The molecule has 2 N–H and O–H groups in total. The number of hydrogen-bond donors (Lipinski definition) is 2. The Morgan fingerprint density at radius 1 is 0.660 bits per heavy atom. The van der Waals surface area contributed by atoms with Gasteiger partial charge in [-0.1, -0.05) is 135 Å². The predicted octanol–water partition coefficient (Wildman–Crippen LogP) is 9.87. The molecule has 8 rings (SSSR count). The van der Waals surface area contributed by atoms with Crippen molar-refractivity contribution in [1.29, 1.82) is 0 Å².